The summed E-state index contributed by atoms with van der Waals surface area (Å²) in [4.78, 5) is 13.9. The fraction of sp³-hybridized carbons (Fsp3) is 0.273. The van der Waals surface area contributed by atoms with Crippen LogP contribution in [0.3, 0.4) is 0 Å². The average Bonchev–Trinajstić information content (AvgIpc) is 2.56. The second kappa shape index (κ2) is 3.51. The summed E-state index contributed by atoms with van der Waals surface area (Å²) in [6.07, 6.45) is 2.37. The molecule has 1 aliphatic rings. The number of rotatable bonds is 1. The molecule has 0 bridgehead atoms. The molecule has 0 aromatic heterocycles. The van der Waals surface area contributed by atoms with E-state index >= 15 is 0 Å². The van der Waals surface area contributed by atoms with Crippen LogP contribution in [-0.2, 0) is 17.6 Å². The van der Waals surface area contributed by atoms with E-state index in [1.54, 1.807) is 6.07 Å². The third kappa shape index (κ3) is 1.66. The quantitative estimate of drug-likeness (QED) is 0.535. The van der Waals surface area contributed by atoms with Crippen LogP contribution in [0.25, 0.3) is 0 Å². The molecule has 0 radical (unpaired) electrons. The zero-order chi connectivity index (χ0) is 10.9. The van der Waals surface area contributed by atoms with Gasteiger partial charge in [0.2, 0.25) is 6.08 Å². The van der Waals surface area contributed by atoms with Crippen molar-refractivity contribution in [3.8, 4) is 6.07 Å². The van der Waals surface area contributed by atoms with Crippen molar-refractivity contribution >= 4 is 17.7 Å². The molecule has 0 saturated heterocycles. The third-order valence-electron chi connectivity index (χ3n) is 2.60. The molecule has 0 aliphatic heterocycles. The first kappa shape index (κ1) is 9.92. The van der Waals surface area contributed by atoms with Gasteiger partial charge in [-0.05, 0) is 23.3 Å². The molecule has 1 aromatic carbocycles. The smallest absolute Gasteiger partial charge is 0.211 e. The number of nitrogens with zero attached hydrogens (tertiary/aromatic N) is 2. The summed E-state index contributed by atoms with van der Waals surface area (Å²) in [5, 5.41) is 9.67. The molecule has 1 aromatic rings. The van der Waals surface area contributed by atoms with Crippen molar-refractivity contribution in [3.63, 3.8) is 0 Å². The van der Waals surface area contributed by atoms with Gasteiger partial charge in [-0.3, -0.25) is 0 Å². The largest absolute Gasteiger partial charge is 0.236 e. The predicted octanol–water partition coefficient (Wildman–Crippen LogP) is 2.04. The van der Waals surface area contributed by atoms with Crippen molar-refractivity contribution in [2.75, 3.05) is 0 Å². The van der Waals surface area contributed by atoms with Crippen LogP contribution in [-0.4, -0.2) is 11.6 Å². The fourth-order valence-corrected chi connectivity index (χ4v) is 2.09. The highest BCUT2D eigenvalue weighted by Gasteiger charge is 2.37. The first-order chi connectivity index (χ1) is 7.19. The van der Waals surface area contributed by atoms with E-state index in [-0.39, 0.29) is 0 Å². The molecule has 0 spiro atoms. The van der Waals surface area contributed by atoms with Crippen LogP contribution in [0.5, 0.6) is 0 Å². The topological polar surface area (TPSA) is 53.2 Å². The minimum absolute atomic E-state index is 0.439. The Balaban J connectivity index is 2.44. The van der Waals surface area contributed by atoms with Crippen molar-refractivity contribution in [1.82, 2.24) is 0 Å². The van der Waals surface area contributed by atoms with Gasteiger partial charge in [-0.2, -0.15) is 10.3 Å². The van der Waals surface area contributed by atoms with Crippen LogP contribution in [0.15, 0.2) is 23.2 Å². The highest BCUT2D eigenvalue weighted by molar-refractivity contribution is 6.30. The molecule has 15 heavy (non-hydrogen) atoms. The molecule has 1 aliphatic carbocycles. The Morgan fingerprint density at radius 1 is 1.40 bits per heavy atom. The van der Waals surface area contributed by atoms with Gasteiger partial charge >= 0.3 is 0 Å². The maximum atomic E-state index is 10.3. The standard InChI is InChI=1S/C11H7ClN2O/c12-10-2-1-8-4-11(6-13,14-7-15)5-9(8)3-10/h1-3H,4-5H2. The predicted molar refractivity (Wildman–Crippen MR) is 55.3 cm³/mol. The van der Waals surface area contributed by atoms with E-state index < -0.39 is 5.54 Å². The van der Waals surface area contributed by atoms with Crippen LogP contribution >= 0.6 is 11.6 Å². The van der Waals surface area contributed by atoms with Crippen molar-refractivity contribution in [2.45, 2.75) is 18.4 Å². The second-order valence-corrected chi connectivity index (χ2v) is 4.05. The minimum Gasteiger partial charge on any atom is -0.211 e. The zero-order valence-electron chi connectivity index (χ0n) is 7.83. The van der Waals surface area contributed by atoms with E-state index in [4.69, 9.17) is 16.9 Å². The molecule has 0 saturated carbocycles. The Bertz CT molecular complexity index is 500. The van der Waals surface area contributed by atoms with Crippen LogP contribution in [0.4, 0.5) is 0 Å². The molecule has 1 unspecified atom stereocenters. The summed E-state index contributed by atoms with van der Waals surface area (Å²) < 4.78 is 0. The molecular formula is C11H7ClN2O. The summed E-state index contributed by atoms with van der Waals surface area (Å²) >= 11 is 5.85. The Morgan fingerprint density at radius 3 is 2.80 bits per heavy atom. The first-order valence-corrected chi connectivity index (χ1v) is 4.84. The number of carbonyl (C=O) groups excluding carboxylic acids is 1. The van der Waals surface area contributed by atoms with Crippen molar-refractivity contribution in [3.05, 3.63) is 34.3 Å². The van der Waals surface area contributed by atoms with Crippen LogP contribution < -0.4 is 0 Å². The third-order valence-corrected chi connectivity index (χ3v) is 2.84. The average molecular weight is 219 g/mol. The normalized spacial score (nSPS) is 22.7. The van der Waals surface area contributed by atoms with Gasteiger partial charge < -0.3 is 0 Å². The number of aliphatic imine (C=N–C) groups is 1. The van der Waals surface area contributed by atoms with Crippen LogP contribution in [0.1, 0.15) is 11.1 Å². The Hall–Kier alpha value is -1.62. The van der Waals surface area contributed by atoms with E-state index in [0.717, 1.165) is 11.1 Å². The van der Waals surface area contributed by atoms with Crippen LogP contribution in [0.2, 0.25) is 5.02 Å². The summed E-state index contributed by atoms with van der Waals surface area (Å²) in [5.41, 5.74) is 1.05. The van der Waals surface area contributed by atoms with Gasteiger partial charge in [0.1, 0.15) is 0 Å². The van der Waals surface area contributed by atoms with Crippen LogP contribution in [0, 0.1) is 11.3 Å². The lowest BCUT2D eigenvalue weighted by Crippen LogP contribution is -2.24. The zero-order valence-corrected chi connectivity index (χ0v) is 8.58. The van der Waals surface area contributed by atoms with E-state index in [9.17, 15) is 4.79 Å². The highest BCUT2D eigenvalue weighted by Crippen LogP contribution is 2.33. The number of benzene rings is 1. The molecule has 4 heteroatoms. The summed E-state index contributed by atoms with van der Waals surface area (Å²) in [5.74, 6) is 0. The molecule has 0 fully saturated rings. The van der Waals surface area contributed by atoms with Gasteiger partial charge in [0, 0.05) is 17.9 Å². The highest BCUT2D eigenvalue weighted by atomic mass is 35.5. The maximum absolute atomic E-state index is 10.3. The van der Waals surface area contributed by atoms with E-state index in [1.165, 1.54) is 6.08 Å². The van der Waals surface area contributed by atoms with E-state index in [0.29, 0.717) is 17.9 Å². The van der Waals surface area contributed by atoms with E-state index in [1.807, 2.05) is 12.1 Å². The molecular weight excluding hydrogens is 212 g/mol. The second-order valence-electron chi connectivity index (χ2n) is 3.61. The Morgan fingerprint density at radius 2 is 2.13 bits per heavy atom. The minimum atomic E-state index is -0.964. The van der Waals surface area contributed by atoms with Gasteiger partial charge in [0.05, 0.1) is 6.07 Å². The summed E-state index contributed by atoms with van der Waals surface area (Å²) in [6.45, 7) is 0. The van der Waals surface area contributed by atoms with Gasteiger partial charge in [-0.25, -0.2) is 4.79 Å². The number of hydrogen-bond acceptors (Lipinski definition) is 3. The number of halogens is 1. The van der Waals surface area contributed by atoms with Crippen molar-refractivity contribution < 1.29 is 4.79 Å². The molecule has 74 valence electrons. The van der Waals surface area contributed by atoms with Crippen molar-refractivity contribution in [1.29, 1.82) is 5.26 Å². The van der Waals surface area contributed by atoms with Crippen molar-refractivity contribution in [2.24, 2.45) is 4.99 Å². The number of hydrogen-bond donors (Lipinski definition) is 0. The van der Waals surface area contributed by atoms with Gasteiger partial charge in [0.15, 0.2) is 5.54 Å². The molecule has 2 rings (SSSR count). The molecule has 0 amide bonds. The SMILES string of the molecule is N#CC1(N=C=O)Cc2ccc(Cl)cc2C1. The van der Waals surface area contributed by atoms with Gasteiger partial charge in [0.25, 0.3) is 0 Å². The Kier molecular flexibility index (Phi) is 2.32. The Labute approximate surface area is 92.0 Å². The number of fused-ring (bicyclic) bond motifs is 1. The van der Waals surface area contributed by atoms with E-state index in [2.05, 4.69) is 11.1 Å². The lowest BCUT2D eigenvalue weighted by Gasteiger charge is -2.10. The lowest BCUT2D eigenvalue weighted by atomic mass is 9.99. The maximum Gasteiger partial charge on any atom is 0.236 e. The number of nitriles is 1. The summed E-state index contributed by atoms with van der Waals surface area (Å²) in [6, 6.07) is 7.54. The fourth-order valence-electron chi connectivity index (χ4n) is 1.89. The van der Waals surface area contributed by atoms with Gasteiger partial charge in [-0.1, -0.05) is 17.7 Å². The number of isocyanates is 1. The first-order valence-electron chi connectivity index (χ1n) is 4.47. The lowest BCUT2D eigenvalue weighted by molar-refractivity contribution is 0.535. The summed E-state index contributed by atoms with van der Waals surface area (Å²) in [7, 11) is 0. The molecule has 1 atom stereocenters. The molecule has 3 nitrogen and oxygen atoms in total. The monoisotopic (exact) mass is 218 g/mol. The molecule has 0 N–H and O–H groups in total. The van der Waals surface area contributed by atoms with Gasteiger partial charge in [-0.15, -0.1) is 0 Å². The molecule has 0 heterocycles.